The lowest BCUT2D eigenvalue weighted by Gasteiger charge is -2.25. The van der Waals surface area contributed by atoms with Crippen molar-refractivity contribution in [2.24, 2.45) is 0 Å². The summed E-state index contributed by atoms with van der Waals surface area (Å²) in [5.41, 5.74) is 4.16. The van der Waals surface area contributed by atoms with E-state index in [1.54, 1.807) is 0 Å². The molecule has 0 bridgehead atoms. The molecule has 0 spiro atoms. The van der Waals surface area contributed by atoms with Crippen LogP contribution >= 0.6 is 15.9 Å². The van der Waals surface area contributed by atoms with Gasteiger partial charge in [0.15, 0.2) is 0 Å². The molecule has 0 aromatic heterocycles. The van der Waals surface area contributed by atoms with Gasteiger partial charge in [-0.25, -0.2) is 0 Å². The average molecular weight is 476 g/mol. The number of likely N-dealkylation sites (tertiary alicyclic amines) is 1. The Morgan fingerprint density at radius 2 is 1.71 bits per heavy atom. The number of halogens is 1. The van der Waals surface area contributed by atoms with Crippen molar-refractivity contribution in [1.82, 2.24) is 4.90 Å². The van der Waals surface area contributed by atoms with Crippen molar-refractivity contribution in [1.29, 1.82) is 0 Å². The number of carbonyl (C=O) groups is 2. The minimum Gasteiger partial charge on any atom is -0.507 e. The lowest BCUT2D eigenvalue weighted by molar-refractivity contribution is -0.140. The fraction of sp³-hybridized carbons (Fsp3) is 0.154. The monoisotopic (exact) mass is 475 g/mol. The third kappa shape index (κ3) is 4.06. The molecule has 31 heavy (non-hydrogen) atoms. The number of ketones is 1. The van der Waals surface area contributed by atoms with E-state index in [4.69, 9.17) is 0 Å². The molecule has 5 heteroatoms. The third-order valence-corrected chi connectivity index (χ3v) is 6.04. The molecule has 1 unspecified atom stereocenters. The van der Waals surface area contributed by atoms with Crippen molar-refractivity contribution >= 4 is 33.4 Å². The van der Waals surface area contributed by atoms with E-state index in [-0.39, 0.29) is 17.9 Å². The summed E-state index contributed by atoms with van der Waals surface area (Å²) < 4.78 is 0.835. The molecule has 0 aliphatic carbocycles. The van der Waals surface area contributed by atoms with Crippen LogP contribution in [0.25, 0.3) is 5.76 Å². The minimum absolute atomic E-state index is 0.118. The van der Waals surface area contributed by atoms with Gasteiger partial charge in [0, 0.05) is 16.6 Å². The van der Waals surface area contributed by atoms with Gasteiger partial charge in [-0.05, 0) is 48.7 Å². The zero-order valence-corrected chi connectivity index (χ0v) is 18.9. The van der Waals surface area contributed by atoms with Crippen LogP contribution in [0.15, 0.2) is 82.8 Å². The Kier molecular flexibility index (Phi) is 5.79. The normalized spacial score (nSPS) is 17.9. The van der Waals surface area contributed by atoms with Crippen LogP contribution in [0.5, 0.6) is 0 Å². The maximum Gasteiger partial charge on any atom is 0.295 e. The summed E-state index contributed by atoms with van der Waals surface area (Å²) in [5.74, 6) is -1.42. The second-order valence-corrected chi connectivity index (χ2v) is 8.70. The fourth-order valence-corrected chi connectivity index (χ4v) is 4.40. The SMILES string of the molecule is Cc1ccc(C)c(C(O)=C2C(=O)C(=O)N(Cc3ccccc3)C2c2cccc(Br)c2)c1. The number of Topliss-reactive ketones (excluding diaryl/α,β-unsaturated/α-hetero) is 1. The molecule has 1 aliphatic rings. The molecule has 1 fully saturated rings. The molecular weight excluding hydrogens is 454 g/mol. The average Bonchev–Trinajstić information content (AvgIpc) is 3.00. The molecule has 1 aliphatic heterocycles. The molecule has 1 saturated heterocycles. The predicted octanol–water partition coefficient (Wildman–Crippen LogP) is 5.69. The maximum atomic E-state index is 13.2. The Hall–Kier alpha value is -3.18. The van der Waals surface area contributed by atoms with Gasteiger partial charge in [0.05, 0.1) is 11.6 Å². The summed E-state index contributed by atoms with van der Waals surface area (Å²) in [5, 5.41) is 11.3. The third-order valence-electron chi connectivity index (χ3n) is 5.55. The molecule has 1 amide bonds. The van der Waals surface area contributed by atoms with Crippen molar-refractivity contribution in [2.75, 3.05) is 0 Å². The van der Waals surface area contributed by atoms with Gasteiger partial charge in [0.25, 0.3) is 11.7 Å². The number of aryl methyl sites for hydroxylation is 2. The quantitative estimate of drug-likeness (QED) is 0.299. The van der Waals surface area contributed by atoms with Crippen molar-refractivity contribution in [3.63, 3.8) is 0 Å². The highest BCUT2D eigenvalue weighted by molar-refractivity contribution is 9.10. The largest absolute Gasteiger partial charge is 0.507 e. The molecule has 3 aromatic rings. The molecule has 156 valence electrons. The van der Waals surface area contributed by atoms with Crippen molar-refractivity contribution in [3.8, 4) is 0 Å². The van der Waals surface area contributed by atoms with Gasteiger partial charge >= 0.3 is 0 Å². The number of nitrogens with zero attached hydrogens (tertiary/aromatic N) is 1. The fourth-order valence-electron chi connectivity index (χ4n) is 3.98. The van der Waals surface area contributed by atoms with E-state index in [1.807, 2.05) is 86.6 Å². The molecule has 3 aromatic carbocycles. The zero-order chi connectivity index (χ0) is 22.1. The van der Waals surface area contributed by atoms with E-state index >= 15 is 0 Å². The Bertz CT molecular complexity index is 1200. The molecule has 4 nitrogen and oxygen atoms in total. The molecule has 1 heterocycles. The van der Waals surface area contributed by atoms with Crippen molar-refractivity contribution < 1.29 is 14.7 Å². The van der Waals surface area contributed by atoms with E-state index in [9.17, 15) is 14.7 Å². The first-order valence-corrected chi connectivity index (χ1v) is 10.8. The Morgan fingerprint density at radius 1 is 0.968 bits per heavy atom. The van der Waals surface area contributed by atoms with Crippen LogP contribution in [0.1, 0.15) is 33.9 Å². The number of amides is 1. The van der Waals surface area contributed by atoms with Crippen LogP contribution in [0, 0.1) is 13.8 Å². The topological polar surface area (TPSA) is 57.6 Å². The van der Waals surface area contributed by atoms with Crippen molar-refractivity contribution in [2.45, 2.75) is 26.4 Å². The lowest BCUT2D eigenvalue weighted by atomic mass is 9.93. The second kappa shape index (κ2) is 8.52. The summed E-state index contributed by atoms with van der Waals surface area (Å²) >= 11 is 3.48. The first-order chi connectivity index (χ1) is 14.9. The summed E-state index contributed by atoms with van der Waals surface area (Å²) in [6.45, 7) is 4.07. The Morgan fingerprint density at radius 3 is 2.42 bits per heavy atom. The zero-order valence-electron chi connectivity index (χ0n) is 17.3. The van der Waals surface area contributed by atoms with E-state index in [0.29, 0.717) is 5.56 Å². The standard InChI is InChI=1S/C26H22BrNO3/c1-16-11-12-17(2)21(13-16)24(29)22-23(19-9-6-10-20(27)14-19)28(26(31)25(22)30)15-18-7-4-3-5-8-18/h3-14,23,29H,15H2,1-2H3. The van der Waals surface area contributed by atoms with Gasteiger partial charge in [0.1, 0.15) is 5.76 Å². The number of carbonyl (C=O) groups excluding carboxylic acids is 2. The summed E-state index contributed by atoms with van der Waals surface area (Å²) in [6.07, 6.45) is 0. The predicted molar refractivity (Wildman–Crippen MR) is 124 cm³/mol. The molecule has 0 radical (unpaired) electrons. The second-order valence-electron chi connectivity index (χ2n) is 7.79. The van der Waals surface area contributed by atoms with Gasteiger partial charge in [0.2, 0.25) is 0 Å². The van der Waals surface area contributed by atoms with Gasteiger partial charge in [-0.15, -0.1) is 0 Å². The number of aliphatic hydroxyl groups excluding tert-OH is 1. The minimum atomic E-state index is -0.683. The van der Waals surface area contributed by atoms with Gasteiger partial charge in [-0.3, -0.25) is 9.59 Å². The summed E-state index contributed by atoms with van der Waals surface area (Å²) in [6, 6.07) is 22.0. The van der Waals surface area contributed by atoms with E-state index in [0.717, 1.165) is 26.7 Å². The van der Waals surface area contributed by atoms with E-state index in [1.165, 1.54) is 4.90 Å². The van der Waals surface area contributed by atoms with Crippen LogP contribution in [0.3, 0.4) is 0 Å². The highest BCUT2D eigenvalue weighted by Crippen LogP contribution is 2.41. The van der Waals surface area contributed by atoms with E-state index in [2.05, 4.69) is 15.9 Å². The molecule has 4 rings (SSSR count). The van der Waals surface area contributed by atoms with Gasteiger partial charge in [-0.1, -0.05) is 76.1 Å². The number of aliphatic hydroxyl groups is 1. The van der Waals surface area contributed by atoms with Gasteiger partial charge < -0.3 is 10.0 Å². The van der Waals surface area contributed by atoms with Crippen molar-refractivity contribution in [3.05, 3.63) is 111 Å². The van der Waals surface area contributed by atoms with E-state index < -0.39 is 17.7 Å². The highest BCUT2D eigenvalue weighted by Gasteiger charge is 2.46. The van der Waals surface area contributed by atoms with Crippen LogP contribution in [-0.4, -0.2) is 21.7 Å². The van der Waals surface area contributed by atoms with Crippen LogP contribution in [0.4, 0.5) is 0 Å². The Balaban J connectivity index is 1.91. The molecule has 1 N–H and O–H groups in total. The highest BCUT2D eigenvalue weighted by atomic mass is 79.9. The number of hydrogen-bond donors (Lipinski definition) is 1. The number of benzene rings is 3. The van der Waals surface area contributed by atoms with Crippen LogP contribution in [-0.2, 0) is 16.1 Å². The summed E-state index contributed by atoms with van der Waals surface area (Å²) in [7, 11) is 0. The van der Waals surface area contributed by atoms with Crippen LogP contribution < -0.4 is 0 Å². The summed E-state index contributed by atoms with van der Waals surface area (Å²) in [4.78, 5) is 27.8. The number of hydrogen-bond acceptors (Lipinski definition) is 3. The van der Waals surface area contributed by atoms with Crippen LogP contribution in [0.2, 0.25) is 0 Å². The maximum absolute atomic E-state index is 13.2. The molecule has 1 atom stereocenters. The first kappa shape index (κ1) is 21.1. The van der Waals surface area contributed by atoms with Gasteiger partial charge in [-0.2, -0.15) is 0 Å². The Labute approximate surface area is 190 Å². The number of rotatable bonds is 4. The lowest BCUT2D eigenvalue weighted by Crippen LogP contribution is -2.29. The smallest absolute Gasteiger partial charge is 0.295 e. The molecule has 0 saturated carbocycles. The molecular formula is C26H22BrNO3. The first-order valence-electron chi connectivity index (χ1n) is 10.0.